The van der Waals surface area contributed by atoms with E-state index in [2.05, 4.69) is 10.6 Å². The molecule has 3 N–H and O–H groups in total. The molecule has 2 aromatic carbocycles. The lowest BCUT2D eigenvalue weighted by atomic mass is 10.1. The maximum Gasteiger partial charge on any atom is 0.417 e. The van der Waals surface area contributed by atoms with Crippen LogP contribution in [0.5, 0.6) is 0 Å². The van der Waals surface area contributed by atoms with Crippen molar-refractivity contribution in [3.05, 3.63) is 53.6 Å². The lowest BCUT2D eigenvalue weighted by Gasteiger charge is -2.22. The van der Waals surface area contributed by atoms with Crippen LogP contribution >= 0.6 is 11.8 Å². The van der Waals surface area contributed by atoms with E-state index in [0.717, 1.165) is 28.8 Å². The quantitative estimate of drug-likeness (QED) is 0.593. The predicted octanol–water partition coefficient (Wildman–Crippen LogP) is 4.02. The summed E-state index contributed by atoms with van der Waals surface area (Å²) in [6, 6.07) is 10.9. The Morgan fingerprint density at radius 3 is 2.23 bits per heavy atom. The lowest BCUT2D eigenvalue weighted by molar-refractivity contribution is -0.137. The average molecular weight is 437 g/mol. The zero-order valence-corrected chi connectivity index (χ0v) is 16.8. The Labute approximate surface area is 175 Å². The van der Waals surface area contributed by atoms with Crippen molar-refractivity contribution in [2.24, 2.45) is 0 Å². The molecule has 0 saturated carbocycles. The Bertz CT molecular complexity index is 984. The van der Waals surface area contributed by atoms with Crippen LogP contribution < -0.4 is 10.6 Å². The standard InChI is InChI=1S/C20H18F3N3O3S/c1-12(27)25-14-5-7-16(8-6-14)30-11-19(2,29)18(28)26-15-4-3-13(10-24)17(9-15)20(21,22)23/h3-9,29H,11H2,1-2H3,(H,25,27)(H,26,28). The summed E-state index contributed by atoms with van der Waals surface area (Å²) in [5, 5.41) is 24.1. The summed E-state index contributed by atoms with van der Waals surface area (Å²) in [6.45, 7) is 2.62. The number of halogens is 3. The number of aliphatic hydroxyl groups is 1. The molecule has 2 rings (SSSR count). The van der Waals surface area contributed by atoms with E-state index in [1.807, 2.05) is 0 Å². The summed E-state index contributed by atoms with van der Waals surface area (Å²) >= 11 is 1.16. The summed E-state index contributed by atoms with van der Waals surface area (Å²) in [5.41, 5.74) is -3.21. The monoisotopic (exact) mass is 437 g/mol. The third kappa shape index (κ3) is 6.23. The van der Waals surface area contributed by atoms with Crippen molar-refractivity contribution >= 4 is 35.0 Å². The molecule has 2 aromatic rings. The molecule has 0 heterocycles. The number of benzene rings is 2. The third-order valence-electron chi connectivity index (χ3n) is 3.89. The number of anilines is 2. The summed E-state index contributed by atoms with van der Waals surface area (Å²) < 4.78 is 39.2. The first-order chi connectivity index (χ1) is 13.9. The van der Waals surface area contributed by atoms with Crippen molar-refractivity contribution < 1.29 is 27.9 Å². The fourth-order valence-electron chi connectivity index (χ4n) is 2.35. The number of hydrogen-bond acceptors (Lipinski definition) is 5. The molecule has 2 amide bonds. The van der Waals surface area contributed by atoms with Gasteiger partial charge in [-0.3, -0.25) is 9.59 Å². The first kappa shape index (κ1) is 23.3. The lowest BCUT2D eigenvalue weighted by Crippen LogP contribution is -2.42. The van der Waals surface area contributed by atoms with Crippen molar-refractivity contribution in [3.63, 3.8) is 0 Å². The van der Waals surface area contributed by atoms with Crippen LogP contribution in [0.3, 0.4) is 0 Å². The smallest absolute Gasteiger partial charge is 0.379 e. The third-order valence-corrected chi connectivity index (χ3v) is 5.20. The second kappa shape index (κ2) is 9.19. The molecular weight excluding hydrogens is 419 g/mol. The highest BCUT2D eigenvalue weighted by Crippen LogP contribution is 2.34. The summed E-state index contributed by atoms with van der Waals surface area (Å²) in [7, 11) is 0. The number of rotatable bonds is 6. The number of nitrogens with zero attached hydrogens (tertiary/aromatic N) is 1. The molecule has 6 nitrogen and oxygen atoms in total. The molecule has 0 radical (unpaired) electrons. The molecule has 0 aliphatic carbocycles. The molecule has 0 fully saturated rings. The van der Waals surface area contributed by atoms with Crippen LogP contribution in [0.15, 0.2) is 47.4 Å². The first-order valence-corrected chi connectivity index (χ1v) is 9.56. The van der Waals surface area contributed by atoms with Crippen molar-refractivity contribution in [2.75, 3.05) is 16.4 Å². The number of carbonyl (C=O) groups is 2. The molecular formula is C20H18F3N3O3S. The highest BCUT2D eigenvalue weighted by atomic mass is 32.2. The van der Waals surface area contributed by atoms with Crippen LogP contribution in [0.4, 0.5) is 24.5 Å². The van der Waals surface area contributed by atoms with Gasteiger partial charge in [-0.15, -0.1) is 11.8 Å². The predicted molar refractivity (Wildman–Crippen MR) is 107 cm³/mol. The summed E-state index contributed by atoms with van der Waals surface area (Å²) in [6.07, 6.45) is -4.76. The van der Waals surface area contributed by atoms with Crippen molar-refractivity contribution in [3.8, 4) is 6.07 Å². The largest absolute Gasteiger partial charge is 0.417 e. The number of thioether (sulfide) groups is 1. The van der Waals surface area contributed by atoms with Gasteiger partial charge in [0.15, 0.2) is 0 Å². The summed E-state index contributed by atoms with van der Waals surface area (Å²) in [5.74, 6) is -1.17. The maximum absolute atomic E-state index is 13.1. The van der Waals surface area contributed by atoms with E-state index in [1.54, 1.807) is 24.3 Å². The Morgan fingerprint density at radius 1 is 1.10 bits per heavy atom. The van der Waals surface area contributed by atoms with Crippen LogP contribution in [0.1, 0.15) is 25.0 Å². The number of carbonyl (C=O) groups excluding carboxylic acids is 2. The molecule has 0 saturated heterocycles. The normalized spacial score (nSPS) is 13.1. The van der Waals surface area contributed by atoms with E-state index in [-0.39, 0.29) is 17.3 Å². The molecule has 0 aromatic heterocycles. The van der Waals surface area contributed by atoms with Gasteiger partial charge in [0, 0.05) is 28.9 Å². The van der Waals surface area contributed by atoms with Crippen LogP contribution in [0.25, 0.3) is 0 Å². The topological polar surface area (TPSA) is 102 Å². The molecule has 1 atom stereocenters. The van der Waals surface area contributed by atoms with Gasteiger partial charge >= 0.3 is 6.18 Å². The van der Waals surface area contributed by atoms with E-state index in [4.69, 9.17) is 5.26 Å². The van der Waals surface area contributed by atoms with E-state index < -0.39 is 28.8 Å². The second-order valence-electron chi connectivity index (χ2n) is 6.59. The van der Waals surface area contributed by atoms with Crippen molar-refractivity contribution in [2.45, 2.75) is 30.5 Å². The number of nitriles is 1. The first-order valence-electron chi connectivity index (χ1n) is 8.58. The summed E-state index contributed by atoms with van der Waals surface area (Å²) in [4.78, 5) is 24.1. The molecule has 1 unspecified atom stereocenters. The Kier molecular flexibility index (Phi) is 7.12. The fraction of sp³-hybridized carbons (Fsp3) is 0.250. The highest BCUT2D eigenvalue weighted by molar-refractivity contribution is 7.99. The molecule has 30 heavy (non-hydrogen) atoms. The van der Waals surface area contributed by atoms with Gasteiger partial charge in [0.05, 0.1) is 17.2 Å². The number of amides is 2. The van der Waals surface area contributed by atoms with Crippen LogP contribution in [0, 0.1) is 11.3 Å². The molecule has 0 spiro atoms. The minimum Gasteiger partial charge on any atom is -0.379 e. The van der Waals surface area contributed by atoms with E-state index in [0.29, 0.717) is 11.8 Å². The minimum absolute atomic E-state index is 0.0687. The average Bonchev–Trinajstić information content (AvgIpc) is 2.66. The van der Waals surface area contributed by atoms with Crippen LogP contribution in [-0.4, -0.2) is 28.3 Å². The van der Waals surface area contributed by atoms with Gasteiger partial charge in [-0.05, 0) is 49.4 Å². The van der Waals surface area contributed by atoms with Gasteiger partial charge in [-0.25, -0.2) is 0 Å². The zero-order chi connectivity index (χ0) is 22.5. The van der Waals surface area contributed by atoms with Crippen LogP contribution in [0.2, 0.25) is 0 Å². The SMILES string of the molecule is CC(=O)Nc1ccc(SCC(C)(O)C(=O)Nc2ccc(C#N)c(C(F)(F)F)c2)cc1. The zero-order valence-electron chi connectivity index (χ0n) is 16.0. The van der Waals surface area contributed by atoms with E-state index in [1.165, 1.54) is 19.9 Å². The number of alkyl halides is 3. The second-order valence-corrected chi connectivity index (χ2v) is 7.64. The Balaban J connectivity index is 2.05. The Morgan fingerprint density at radius 2 is 1.70 bits per heavy atom. The van der Waals surface area contributed by atoms with Crippen LogP contribution in [-0.2, 0) is 15.8 Å². The minimum atomic E-state index is -4.76. The van der Waals surface area contributed by atoms with Gasteiger partial charge in [0.1, 0.15) is 5.60 Å². The molecule has 0 aliphatic heterocycles. The Hall–Kier alpha value is -3.03. The highest BCUT2D eigenvalue weighted by Gasteiger charge is 2.35. The molecule has 158 valence electrons. The fourth-order valence-corrected chi connectivity index (χ4v) is 3.25. The maximum atomic E-state index is 13.1. The number of hydrogen-bond donors (Lipinski definition) is 3. The number of nitrogens with one attached hydrogen (secondary N) is 2. The van der Waals surface area contributed by atoms with E-state index in [9.17, 15) is 27.9 Å². The van der Waals surface area contributed by atoms with Crippen molar-refractivity contribution in [1.82, 2.24) is 0 Å². The molecule has 10 heteroatoms. The molecule has 0 aliphatic rings. The van der Waals surface area contributed by atoms with Crippen molar-refractivity contribution in [1.29, 1.82) is 5.26 Å². The van der Waals surface area contributed by atoms with E-state index >= 15 is 0 Å². The van der Waals surface area contributed by atoms with Gasteiger partial charge in [0.2, 0.25) is 5.91 Å². The van der Waals surface area contributed by atoms with Gasteiger partial charge in [-0.1, -0.05) is 0 Å². The van der Waals surface area contributed by atoms with Gasteiger partial charge in [0.25, 0.3) is 5.91 Å². The van der Waals surface area contributed by atoms with Gasteiger partial charge in [-0.2, -0.15) is 18.4 Å². The van der Waals surface area contributed by atoms with Gasteiger partial charge < -0.3 is 15.7 Å². The molecule has 0 bridgehead atoms.